The van der Waals surface area contributed by atoms with Gasteiger partial charge in [-0.2, -0.15) is 5.10 Å². The molecule has 3 aromatic rings. The molecule has 2 heterocycles. The number of rotatable bonds is 2. The zero-order valence-corrected chi connectivity index (χ0v) is 10.3. The molecule has 0 aliphatic heterocycles. The van der Waals surface area contributed by atoms with Gasteiger partial charge in [0, 0.05) is 18.5 Å². The Balaban J connectivity index is 2.22. The van der Waals surface area contributed by atoms with Crippen molar-refractivity contribution in [2.75, 3.05) is 12.4 Å². The number of para-hydroxylation sites is 1. The monoisotopic (exact) mass is 239 g/mol. The maximum atomic E-state index is 4.42. The topological polar surface area (TPSA) is 55.6 Å². The minimum Gasteiger partial charge on any atom is -0.373 e. The third kappa shape index (κ3) is 1.69. The number of fused-ring (bicyclic) bond motifs is 1. The van der Waals surface area contributed by atoms with E-state index in [0.717, 1.165) is 28.4 Å². The summed E-state index contributed by atoms with van der Waals surface area (Å²) in [5, 5.41) is 8.50. The largest absolute Gasteiger partial charge is 0.373 e. The standard InChI is InChI=1S/C13H13N5/c1-9-16-12(14-2)7-13(17-9)18-11-6-4-3-5-10(11)8-15-18/h3-8H,1-2H3,(H,14,16,17). The number of nitrogens with one attached hydrogen (secondary N) is 1. The van der Waals surface area contributed by atoms with Crippen LogP contribution in [0.5, 0.6) is 0 Å². The van der Waals surface area contributed by atoms with E-state index in [0.29, 0.717) is 0 Å². The van der Waals surface area contributed by atoms with Crippen molar-refractivity contribution in [1.82, 2.24) is 19.7 Å². The van der Waals surface area contributed by atoms with Crippen molar-refractivity contribution in [3.63, 3.8) is 0 Å². The normalized spacial score (nSPS) is 10.8. The zero-order chi connectivity index (χ0) is 12.5. The lowest BCUT2D eigenvalue weighted by Crippen LogP contribution is -2.04. The quantitative estimate of drug-likeness (QED) is 0.744. The lowest BCUT2D eigenvalue weighted by molar-refractivity contribution is 0.853. The summed E-state index contributed by atoms with van der Waals surface area (Å²) in [6.07, 6.45) is 1.84. The van der Waals surface area contributed by atoms with E-state index in [1.165, 1.54) is 0 Å². The molecule has 0 amide bonds. The fraction of sp³-hybridized carbons (Fsp3) is 0.154. The van der Waals surface area contributed by atoms with Crippen LogP contribution in [0.4, 0.5) is 5.82 Å². The molecule has 5 heteroatoms. The Hall–Kier alpha value is -2.43. The summed E-state index contributed by atoms with van der Waals surface area (Å²) < 4.78 is 1.82. The summed E-state index contributed by atoms with van der Waals surface area (Å²) >= 11 is 0. The highest BCUT2D eigenvalue weighted by Crippen LogP contribution is 2.18. The van der Waals surface area contributed by atoms with Crippen LogP contribution in [0.2, 0.25) is 0 Å². The molecular formula is C13H13N5. The van der Waals surface area contributed by atoms with Gasteiger partial charge in [0.05, 0.1) is 11.7 Å². The molecule has 2 aromatic heterocycles. The molecule has 0 spiro atoms. The molecule has 90 valence electrons. The summed E-state index contributed by atoms with van der Waals surface area (Å²) in [7, 11) is 1.84. The van der Waals surface area contributed by atoms with E-state index < -0.39 is 0 Å². The van der Waals surface area contributed by atoms with E-state index in [4.69, 9.17) is 0 Å². The third-order valence-corrected chi connectivity index (χ3v) is 2.77. The summed E-state index contributed by atoms with van der Waals surface area (Å²) in [6, 6.07) is 9.93. The second kappa shape index (κ2) is 4.10. The Labute approximate surface area is 104 Å². The second-order valence-electron chi connectivity index (χ2n) is 4.02. The van der Waals surface area contributed by atoms with Gasteiger partial charge in [-0.1, -0.05) is 18.2 Å². The summed E-state index contributed by atoms with van der Waals surface area (Å²) in [5.74, 6) is 2.28. The highest BCUT2D eigenvalue weighted by atomic mass is 15.3. The van der Waals surface area contributed by atoms with Crippen LogP contribution in [0.3, 0.4) is 0 Å². The minimum atomic E-state index is 0.719. The van der Waals surface area contributed by atoms with E-state index in [1.807, 2.05) is 55.2 Å². The van der Waals surface area contributed by atoms with Crippen LogP contribution in [-0.4, -0.2) is 26.8 Å². The van der Waals surface area contributed by atoms with Crippen molar-refractivity contribution >= 4 is 16.7 Å². The molecule has 0 aliphatic rings. The van der Waals surface area contributed by atoms with Gasteiger partial charge in [0.1, 0.15) is 11.6 Å². The first kappa shape index (κ1) is 10.7. The van der Waals surface area contributed by atoms with Crippen molar-refractivity contribution in [2.45, 2.75) is 6.92 Å². The average Bonchev–Trinajstić information content (AvgIpc) is 2.81. The fourth-order valence-corrected chi connectivity index (χ4v) is 1.94. The molecule has 0 aliphatic carbocycles. The first-order chi connectivity index (χ1) is 8.78. The van der Waals surface area contributed by atoms with Crippen LogP contribution in [-0.2, 0) is 0 Å². The van der Waals surface area contributed by atoms with Gasteiger partial charge in [0.15, 0.2) is 5.82 Å². The SMILES string of the molecule is CNc1cc(-n2ncc3ccccc32)nc(C)n1. The van der Waals surface area contributed by atoms with Gasteiger partial charge in [-0.25, -0.2) is 14.6 Å². The fourth-order valence-electron chi connectivity index (χ4n) is 1.94. The van der Waals surface area contributed by atoms with Crippen molar-refractivity contribution in [1.29, 1.82) is 0 Å². The number of aromatic nitrogens is 4. The molecular weight excluding hydrogens is 226 g/mol. The van der Waals surface area contributed by atoms with Crippen molar-refractivity contribution in [3.05, 3.63) is 42.4 Å². The second-order valence-corrected chi connectivity index (χ2v) is 4.02. The minimum absolute atomic E-state index is 0.719. The molecule has 3 rings (SSSR count). The number of aryl methyl sites for hydroxylation is 1. The Morgan fingerprint density at radius 1 is 1.17 bits per heavy atom. The van der Waals surface area contributed by atoms with Gasteiger partial charge in [-0.05, 0) is 13.0 Å². The smallest absolute Gasteiger partial charge is 0.159 e. The van der Waals surface area contributed by atoms with Crippen LogP contribution in [0.25, 0.3) is 16.7 Å². The van der Waals surface area contributed by atoms with Crippen LogP contribution < -0.4 is 5.32 Å². The molecule has 0 bridgehead atoms. The molecule has 18 heavy (non-hydrogen) atoms. The van der Waals surface area contributed by atoms with Crippen LogP contribution in [0.1, 0.15) is 5.82 Å². The average molecular weight is 239 g/mol. The van der Waals surface area contributed by atoms with Crippen molar-refractivity contribution < 1.29 is 0 Å². The Morgan fingerprint density at radius 2 is 2.00 bits per heavy atom. The van der Waals surface area contributed by atoms with Gasteiger partial charge in [0.25, 0.3) is 0 Å². The Kier molecular flexibility index (Phi) is 2.44. The maximum absolute atomic E-state index is 4.42. The third-order valence-electron chi connectivity index (χ3n) is 2.77. The van der Waals surface area contributed by atoms with E-state index >= 15 is 0 Å². The number of hydrogen-bond acceptors (Lipinski definition) is 4. The zero-order valence-electron chi connectivity index (χ0n) is 10.3. The number of nitrogens with zero attached hydrogens (tertiary/aromatic N) is 4. The molecule has 0 saturated carbocycles. The first-order valence-electron chi connectivity index (χ1n) is 5.74. The molecule has 1 aromatic carbocycles. The predicted molar refractivity (Wildman–Crippen MR) is 70.9 cm³/mol. The maximum Gasteiger partial charge on any atom is 0.159 e. The van der Waals surface area contributed by atoms with E-state index in [1.54, 1.807) is 0 Å². The highest BCUT2D eigenvalue weighted by molar-refractivity contribution is 5.79. The van der Waals surface area contributed by atoms with Crippen LogP contribution in [0.15, 0.2) is 36.5 Å². The number of anilines is 1. The van der Waals surface area contributed by atoms with Gasteiger partial charge in [-0.3, -0.25) is 0 Å². The van der Waals surface area contributed by atoms with Gasteiger partial charge in [0.2, 0.25) is 0 Å². The number of benzene rings is 1. The summed E-state index contributed by atoms with van der Waals surface area (Å²) in [5.41, 5.74) is 1.04. The highest BCUT2D eigenvalue weighted by Gasteiger charge is 2.07. The van der Waals surface area contributed by atoms with E-state index in [2.05, 4.69) is 20.4 Å². The molecule has 1 N–H and O–H groups in total. The van der Waals surface area contributed by atoms with E-state index in [9.17, 15) is 0 Å². The molecule has 5 nitrogen and oxygen atoms in total. The van der Waals surface area contributed by atoms with Crippen LogP contribution in [0, 0.1) is 6.92 Å². The lowest BCUT2D eigenvalue weighted by atomic mass is 10.2. The van der Waals surface area contributed by atoms with E-state index in [-0.39, 0.29) is 0 Å². The molecule has 0 fully saturated rings. The van der Waals surface area contributed by atoms with Crippen molar-refractivity contribution in [2.24, 2.45) is 0 Å². The summed E-state index contributed by atoms with van der Waals surface area (Å²) in [4.78, 5) is 8.70. The molecule has 0 atom stereocenters. The number of hydrogen-bond donors (Lipinski definition) is 1. The van der Waals surface area contributed by atoms with Crippen LogP contribution >= 0.6 is 0 Å². The first-order valence-corrected chi connectivity index (χ1v) is 5.74. The molecule has 0 saturated heterocycles. The Bertz CT molecular complexity index is 701. The van der Waals surface area contributed by atoms with Gasteiger partial charge >= 0.3 is 0 Å². The predicted octanol–water partition coefficient (Wildman–Crippen LogP) is 2.17. The summed E-state index contributed by atoms with van der Waals surface area (Å²) in [6.45, 7) is 1.87. The lowest BCUT2D eigenvalue weighted by Gasteiger charge is -2.06. The van der Waals surface area contributed by atoms with Gasteiger partial charge < -0.3 is 5.32 Å². The Morgan fingerprint density at radius 3 is 2.83 bits per heavy atom. The van der Waals surface area contributed by atoms with Crippen molar-refractivity contribution in [3.8, 4) is 5.82 Å². The molecule has 0 radical (unpaired) electrons. The van der Waals surface area contributed by atoms with Gasteiger partial charge in [-0.15, -0.1) is 0 Å². The molecule has 0 unspecified atom stereocenters.